The van der Waals surface area contributed by atoms with E-state index >= 15 is 0 Å². The van der Waals surface area contributed by atoms with Crippen LogP contribution in [-0.2, 0) is 13.1 Å². The molecule has 5 rings (SSSR count). The Kier molecular flexibility index (Phi) is 6.06. The summed E-state index contributed by atoms with van der Waals surface area (Å²) in [5.74, 6) is 2.98. The fraction of sp³-hybridized carbons (Fsp3) is 0.222. The molecule has 174 valence electrons. The van der Waals surface area contributed by atoms with Gasteiger partial charge in [0.15, 0.2) is 17.3 Å². The van der Waals surface area contributed by atoms with Gasteiger partial charge in [0.2, 0.25) is 5.78 Å². The summed E-state index contributed by atoms with van der Waals surface area (Å²) in [5, 5.41) is 0. The van der Waals surface area contributed by atoms with Gasteiger partial charge < -0.3 is 18.9 Å². The lowest BCUT2D eigenvalue weighted by Gasteiger charge is -2.30. The molecule has 0 bridgehead atoms. The Morgan fingerprint density at radius 1 is 1.03 bits per heavy atom. The molecule has 2 aliphatic heterocycles. The number of benzene rings is 3. The van der Waals surface area contributed by atoms with Crippen molar-refractivity contribution < 1.29 is 23.7 Å². The number of fused-ring (bicyclic) bond motifs is 2. The van der Waals surface area contributed by atoms with E-state index in [0.29, 0.717) is 48.4 Å². The standard InChI is InChI=1S/C27H24BrNO5/c1-16-26-19(14-29(15-33-26)13-18-6-9-22(31-2)23(11-18)32-3)12-21-25(30)24(34-27(16)21)10-17-4-7-20(28)8-5-17/h4-12H,13-15H2,1-3H3/b24-10-. The van der Waals surface area contributed by atoms with E-state index in [1.54, 1.807) is 20.3 Å². The zero-order valence-corrected chi connectivity index (χ0v) is 20.8. The molecule has 0 aliphatic carbocycles. The molecule has 0 radical (unpaired) electrons. The number of Topliss-reactive ketones (excluding diaryl/α,β-unsaturated/α-hetero) is 1. The zero-order valence-electron chi connectivity index (χ0n) is 19.2. The minimum atomic E-state index is -0.110. The zero-order chi connectivity index (χ0) is 23.8. The molecule has 0 atom stereocenters. The number of methoxy groups -OCH3 is 2. The number of ketones is 1. The summed E-state index contributed by atoms with van der Waals surface area (Å²) in [4.78, 5) is 15.3. The van der Waals surface area contributed by atoms with Crippen LogP contribution in [0.2, 0.25) is 0 Å². The Balaban J connectivity index is 1.38. The largest absolute Gasteiger partial charge is 0.493 e. The van der Waals surface area contributed by atoms with E-state index in [2.05, 4.69) is 20.8 Å². The average molecular weight is 522 g/mol. The third-order valence-corrected chi connectivity index (χ3v) is 6.55. The second kappa shape index (κ2) is 9.16. The van der Waals surface area contributed by atoms with Gasteiger partial charge in [-0.2, -0.15) is 0 Å². The molecule has 0 saturated heterocycles. The summed E-state index contributed by atoms with van der Waals surface area (Å²) in [7, 11) is 3.25. The Morgan fingerprint density at radius 2 is 1.79 bits per heavy atom. The lowest BCUT2D eigenvalue weighted by Crippen LogP contribution is -2.32. The van der Waals surface area contributed by atoms with Crippen molar-refractivity contribution in [2.75, 3.05) is 21.0 Å². The van der Waals surface area contributed by atoms with Crippen LogP contribution >= 0.6 is 15.9 Å². The van der Waals surface area contributed by atoms with Gasteiger partial charge in [-0.15, -0.1) is 0 Å². The fourth-order valence-electron chi connectivity index (χ4n) is 4.35. The summed E-state index contributed by atoms with van der Waals surface area (Å²) in [6, 6.07) is 15.5. The molecule has 34 heavy (non-hydrogen) atoms. The predicted molar refractivity (Wildman–Crippen MR) is 133 cm³/mol. The second-order valence-corrected chi connectivity index (χ2v) is 9.22. The van der Waals surface area contributed by atoms with Gasteiger partial charge >= 0.3 is 0 Å². The third kappa shape index (κ3) is 4.17. The number of allylic oxidation sites excluding steroid dienone is 1. The Bertz CT molecular complexity index is 1300. The number of halogens is 1. The lowest BCUT2D eigenvalue weighted by molar-refractivity contribution is 0.0876. The topological polar surface area (TPSA) is 57.2 Å². The molecule has 0 amide bonds. The van der Waals surface area contributed by atoms with Crippen molar-refractivity contribution in [1.29, 1.82) is 0 Å². The maximum Gasteiger partial charge on any atom is 0.231 e. The van der Waals surface area contributed by atoms with Crippen LogP contribution in [0.3, 0.4) is 0 Å². The summed E-state index contributed by atoms with van der Waals surface area (Å²) >= 11 is 3.43. The number of hydrogen-bond donors (Lipinski definition) is 0. The van der Waals surface area contributed by atoms with Crippen molar-refractivity contribution in [3.63, 3.8) is 0 Å². The van der Waals surface area contributed by atoms with Gasteiger partial charge in [-0.3, -0.25) is 9.69 Å². The molecule has 3 aromatic carbocycles. The highest BCUT2D eigenvalue weighted by Crippen LogP contribution is 2.43. The van der Waals surface area contributed by atoms with Crippen LogP contribution in [-0.4, -0.2) is 31.6 Å². The van der Waals surface area contributed by atoms with Crippen LogP contribution in [0.25, 0.3) is 6.08 Å². The van der Waals surface area contributed by atoms with E-state index in [-0.39, 0.29) is 5.78 Å². The van der Waals surface area contributed by atoms with Gasteiger partial charge in [-0.25, -0.2) is 0 Å². The Labute approximate surface area is 206 Å². The summed E-state index contributed by atoms with van der Waals surface area (Å²) in [6.07, 6.45) is 1.78. The molecular formula is C27H24BrNO5. The number of carbonyl (C=O) groups excluding carboxylic acids is 1. The molecule has 0 N–H and O–H groups in total. The van der Waals surface area contributed by atoms with Gasteiger partial charge in [0, 0.05) is 28.7 Å². The average Bonchev–Trinajstić information content (AvgIpc) is 3.16. The molecule has 2 heterocycles. The third-order valence-electron chi connectivity index (χ3n) is 6.02. The highest BCUT2D eigenvalue weighted by atomic mass is 79.9. The summed E-state index contributed by atoms with van der Waals surface area (Å²) in [6.45, 7) is 3.72. The van der Waals surface area contributed by atoms with Crippen molar-refractivity contribution in [3.8, 4) is 23.0 Å². The van der Waals surface area contributed by atoms with Crippen molar-refractivity contribution in [2.24, 2.45) is 0 Å². The van der Waals surface area contributed by atoms with E-state index in [9.17, 15) is 4.79 Å². The molecule has 7 heteroatoms. The summed E-state index contributed by atoms with van der Waals surface area (Å²) < 4.78 is 23.9. The molecule has 0 fully saturated rings. The molecule has 2 aliphatic rings. The summed E-state index contributed by atoms with van der Waals surface area (Å²) in [5.41, 5.74) is 4.40. The molecule has 0 saturated carbocycles. The monoisotopic (exact) mass is 521 g/mol. The number of ether oxygens (including phenoxy) is 4. The van der Waals surface area contributed by atoms with Gasteiger partial charge in [0.05, 0.1) is 19.8 Å². The SMILES string of the molecule is COc1ccc(CN2COc3c(cc4c(c3C)O/C(=C\c3ccc(Br)cc3)C4=O)C2)cc1OC. The maximum absolute atomic E-state index is 13.1. The van der Waals surface area contributed by atoms with Gasteiger partial charge in [-0.1, -0.05) is 34.1 Å². The van der Waals surface area contributed by atoms with E-state index in [1.807, 2.05) is 55.5 Å². The molecule has 0 spiro atoms. The van der Waals surface area contributed by atoms with Crippen LogP contribution in [0.4, 0.5) is 0 Å². The van der Waals surface area contributed by atoms with Crippen molar-refractivity contribution in [2.45, 2.75) is 20.0 Å². The Hall–Kier alpha value is -3.29. The van der Waals surface area contributed by atoms with Crippen LogP contribution in [0.15, 0.2) is 58.8 Å². The second-order valence-electron chi connectivity index (χ2n) is 8.31. The first kappa shape index (κ1) is 22.5. The van der Waals surface area contributed by atoms with Gasteiger partial charge in [-0.05, 0) is 54.5 Å². The van der Waals surface area contributed by atoms with Crippen molar-refractivity contribution in [1.82, 2.24) is 4.90 Å². The maximum atomic E-state index is 13.1. The van der Waals surface area contributed by atoms with E-state index in [1.165, 1.54) is 0 Å². The highest BCUT2D eigenvalue weighted by molar-refractivity contribution is 9.10. The molecule has 0 aromatic heterocycles. The van der Waals surface area contributed by atoms with Crippen molar-refractivity contribution in [3.05, 3.63) is 86.6 Å². The molecule has 0 unspecified atom stereocenters. The van der Waals surface area contributed by atoms with E-state index in [4.69, 9.17) is 18.9 Å². The van der Waals surface area contributed by atoms with Crippen molar-refractivity contribution >= 4 is 27.8 Å². The fourth-order valence-corrected chi connectivity index (χ4v) is 4.61. The first-order valence-corrected chi connectivity index (χ1v) is 11.7. The van der Waals surface area contributed by atoms with Crippen LogP contribution in [0.5, 0.6) is 23.0 Å². The predicted octanol–water partition coefficient (Wildman–Crippen LogP) is 5.74. The Morgan fingerprint density at radius 3 is 2.53 bits per heavy atom. The van der Waals surface area contributed by atoms with E-state index in [0.717, 1.165) is 32.5 Å². The number of hydrogen-bond acceptors (Lipinski definition) is 6. The minimum absolute atomic E-state index is 0.110. The number of rotatable bonds is 5. The van der Waals surface area contributed by atoms with Crippen LogP contribution in [0.1, 0.15) is 32.6 Å². The van der Waals surface area contributed by atoms with Gasteiger partial charge in [0.1, 0.15) is 18.2 Å². The van der Waals surface area contributed by atoms with E-state index < -0.39 is 0 Å². The molecule has 6 nitrogen and oxygen atoms in total. The normalized spacial score (nSPS) is 16.0. The molecular weight excluding hydrogens is 498 g/mol. The highest BCUT2D eigenvalue weighted by Gasteiger charge is 2.33. The minimum Gasteiger partial charge on any atom is -0.493 e. The molecule has 3 aromatic rings. The number of carbonyl (C=O) groups is 1. The van der Waals surface area contributed by atoms with Crippen LogP contribution in [0, 0.1) is 6.92 Å². The van der Waals surface area contributed by atoms with Gasteiger partial charge in [0.25, 0.3) is 0 Å². The lowest BCUT2D eigenvalue weighted by atomic mass is 10.00. The quantitative estimate of drug-likeness (QED) is 0.399. The smallest absolute Gasteiger partial charge is 0.231 e. The number of nitrogens with zero attached hydrogens (tertiary/aromatic N) is 1. The first-order chi connectivity index (χ1) is 16.5. The van der Waals surface area contributed by atoms with Crippen LogP contribution < -0.4 is 18.9 Å². The first-order valence-electron chi connectivity index (χ1n) is 10.9.